The van der Waals surface area contributed by atoms with E-state index < -0.39 is 15.6 Å². The Morgan fingerprint density at radius 3 is 2.50 bits per heavy atom. The molecule has 1 aromatic carbocycles. The Balaban J connectivity index is 1.54. The number of nitrogens with zero attached hydrogens (tertiary/aromatic N) is 1. The number of fused-ring (bicyclic) bond motifs is 5. The summed E-state index contributed by atoms with van der Waals surface area (Å²) in [6, 6.07) is 6.82. The molecule has 24 heavy (non-hydrogen) atoms. The second-order valence-corrected chi connectivity index (χ2v) is 10.2. The number of carbonyl (C=O) groups is 2. The van der Waals surface area contributed by atoms with Gasteiger partial charge in [-0.2, -0.15) is 4.36 Å². The van der Waals surface area contributed by atoms with E-state index >= 15 is 0 Å². The lowest BCUT2D eigenvalue weighted by atomic mass is 9.88. The Bertz CT molecular complexity index is 832. The number of para-hydroxylation sites is 1. The number of rotatable bonds is 3. The van der Waals surface area contributed by atoms with Crippen LogP contribution in [0, 0.1) is 29.6 Å². The van der Waals surface area contributed by atoms with Crippen molar-refractivity contribution in [2.45, 2.75) is 19.3 Å². The van der Waals surface area contributed by atoms with Gasteiger partial charge in [0, 0.05) is 28.2 Å². The third-order valence-electron chi connectivity index (χ3n) is 5.75. The lowest BCUT2D eigenvalue weighted by Crippen LogP contribution is -2.29. The number of hydrogen-bond donors (Lipinski definition) is 1. The van der Waals surface area contributed by atoms with Crippen LogP contribution in [0.15, 0.2) is 28.6 Å². The van der Waals surface area contributed by atoms with Crippen molar-refractivity contribution in [1.29, 1.82) is 0 Å². The van der Waals surface area contributed by atoms with Crippen LogP contribution in [-0.4, -0.2) is 28.5 Å². The first-order valence-electron chi connectivity index (χ1n) is 8.45. The number of nitrogens with one attached hydrogen (secondary N) is 1. The summed E-state index contributed by atoms with van der Waals surface area (Å²) in [5, 5.41) is 2.93. The van der Waals surface area contributed by atoms with Crippen molar-refractivity contribution >= 4 is 27.2 Å². The van der Waals surface area contributed by atoms with Crippen molar-refractivity contribution in [2.75, 3.05) is 17.8 Å². The monoisotopic (exact) mass is 346 g/mol. The summed E-state index contributed by atoms with van der Waals surface area (Å²) in [5.41, 5.74) is 0.768. The predicted molar refractivity (Wildman–Crippen MR) is 93.1 cm³/mol. The van der Waals surface area contributed by atoms with Gasteiger partial charge in [0.2, 0.25) is 5.91 Å². The van der Waals surface area contributed by atoms with Crippen LogP contribution in [0.2, 0.25) is 0 Å². The molecule has 3 saturated carbocycles. The van der Waals surface area contributed by atoms with E-state index in [0.717, 1.165) is 24.2 Å². The lowest BCUT2D eigenvalue weighted by molar-refractivity contribution is -0.121. The summed E-state index contributed by atoms with van der Waals surface area (Å²) >= 11 is 0. The Hall–Kier alpha value is -1.69. The van der Waals surface area contributed by atoms with Crippen LogP contribution in [0.1, 0.15) is 29.6 Å². The fourth-order valence-corrected chi connectivity index (χ4v) is 5.26. The number of anilines is 1. The fourth-order valence-electron chi connectivity index (χ4n) is 4.76. The third kappa shape index (κ3) is 2.77. The van der Waals surface area contributed by atoms with Gasteiger partial charge in [0.05, 0.1) is 11.3 Å². The molecule has 0 aromatic heterocycles. The van der Waals surface area contributed by atoms with Gasteiger partial charge >= 0.3 is 0 Å². The first-order chi connectivity index (χ1) is 11.3. The van der Waals surface area contributed by atoms with E-state index in [4.69, 9.17) is 0 Å². The van der Waals surface area contributed by atoms with E-state index in [-0.39, 0.29) is 11.8 Å². The lowest BCUT2D eigenvalue weighted by Gasteiger charge is -2.21. The highest BCUT2D eigenvalue weighted by atomic mass is 32.2. The van der Waals surface area contributed by atoms with E-state index in [1.807, 2.05) is 0 Å². The molecule has 4 rings (SSSR count). The molecule has 5 nitrogen and oxygen atoms in total. The molecule has 0 radical (unpaired) electrons. The minimum atomic E-state index is -2.53. The van der Waals surface area contributed by atoms with Gasteiger partial charge in [-0.05, 0) is 55.1 Å². The SMILES string of the molecule is CS(C)(=O)=NC(=O)c1ccccc1NC(=O)C1CC2CC1C1CC21. The summed E-state index contributed by atoms with van der Waals surface area (Å²) in [6.07, 6.45) is 6.32. The smallest absolute Gasteiger partial charge is 0.287 e. The fraction of sp³-hybridized carbons (Fsp3) is 0.556. The van der Waals surface area contributed by atoms with Crippen molar-refractivity contribution in [1.82, 2.24) is 0 Å². The molecule has 6 heteroatoms. The summed E-state index contributed by atoms with van der Waals surface area (Å²) in [4.78, 5) is 25.0. The van der Waals surface area contributed by atoms with E-state index in [0.29, 0.717) is 17.2 Å². The molecule has 1 N–H and O–H groups in total. The topological polar surface area (TPSA) is 75.6 Å². The standard InChI is InChI=1S/C18H22N2O3S/c1-24(2,23)20-18(22)11-5-3-4-6-16(11)19-17(21)15-8-10-7-13(15)14-9-12(10)14/h3-6,10,12-15H,7-9H2,1-2H3,(H,19,21). The highest BCUT2D eigenvalue weighted by Gasteiger charge is 2.62. The third-order valence-corrected chi connectivity index (χ3v) is 6.36. The highest BCUT2D eigenvalue weighted by molar-refractivity contribution is 7.92. The van der Waals surface area contributed by atoms with Crippen LogP contribution in [0.3, 0.4) is 0 Å². The minimum Gasteiger partial charge on any atom is -0.325 e. The first kappa shape index (κ1) is 15.8. The summed E-state index contributed by atoms with van der Waals surface area (Å²) in [7, 11) is -2.53. The molecule has 5 atom stereocenters. The molecule has 128 valence electrons. The average Bonchev–Trinajstić information content (AvgIpc) is 3.10. The molecule has 0 aliphatic heterocycles. The van der Waals surface area contributed by atoms with Gasteiger partial charge in [0.1, 0.15) is 0 Å². The molecular formula is C18H22N2O3S. The van der Waals surface area contributed by atoms with E-state index in [1.165, 1.54) is 25.4 Å². The normalized spacial score (nSPS) is 33.0. The maximum absolute atomic E-state index is 12.7. The molecule has 1 aromatic rings. The second kappa shape index (κ2) is 5.41. The van der Waals surface area contributed by atoms with Crippen LogP contribution in [0.25, 0.3) is 0 Å². The molecular weight excluding hydrogens is 324 g/mol. The molecule has 3 aliphatic rings. The molecule has 3 aliphatic carbocycles. The maximum atomic E-state index is 12.7. The Labute approximate surface area is 142 Å². The summed E-state index contributed by atoms with van der Waals surface area (Å²) in [5.74, 6) is 2.44. The van der Waals surface area contributed by atoms with Crippen LogP contribution in [0.5, 0.6) is 0 Å². The average molecular weight is 346 g/mol. The van der Waals surface area contributed by atoms with Crippen LogP contribution >= 0.6 is 0 Å². The Kier molecular flexibility index (Phi) is 3.56. The molecule has 5 unspecified atom stereocenters. The molecule has 0 spiro atoms. The highest BCUT2D eigenvalue weighted by Crippen LogP contribution is 2.67. The maximum Gasteiger partial charge on any atom is 0.287 e. The number of benzene rings is 1. The Morgan fingerprint density at radius 2 is 1.83 bits per heavy atom. The van der Waals surface area contributed by atoms with Gasteiger partial charge < -0.3 is 5.32 Å². The number of carbonyl (C=O) groups excluding carboxylic acids is 2. The summed E-state index contributed by atoms with van der Waals surface area (Å²) in [6.45, 7) is 0. The van der Waals surface area contributed by atoms with Crippen molar-refractivity contribution in [2.24, 2.45) is 34.0 Å². The van der Waals surface area contributed by atoms with Gasteiger partial charge in [-0.15, -0.1) is 0 Å². The molecule has 0 heterocycles. The molecule has 0 saturated heterocycles. The van der Waals surface area contributed by atoms with Gasteiger partial charge in [-0.1, -0.05) is 12.1 Å². The summed E-state index contributed by atoms with van der Waals surface area (Å²) < 4.78 is 15.5. The number of hydrogen-bond acceptors (Lipinski definition) is 3. The van der Waals surface area contributed by atoms with Crippen LogP contribution in [0.4, 0.5) is 5.69 Å². The molecule has 2 amide bonds. The largest absolute Gasteiger partial charge is 0.325 e. The van der Waals surface area contributed by atoms with Gasteiger partial charge in [-0.25, -0.2) is 4.21 Å². The zero-order valence-electron chi connectivity index (χ0n) is 13.9. The Morgan fingerprint density at radius 1 is 1.08 bits per heavy atom. The van der Waals surface area contributed by atoms with Crippen LogP contribution < -0.4 is 5.32 Å². The van der Waals surface area contributed by atoms with Gasteiger partial charge in [0.15, 0.2) is 0 Å². The molecule has 3 fully saturated rings. The van der Waals surface area contributed by atoms with Crippen molar-refractivity contribution in [3.8, 4) is 0 Å². The van der Waals surface area contributed by atoms with Gasteiger partial charge in [0.25, 0.3) is 5.91 Å². The van der Waals surface area contributed by atoms with Crippen molar-refractivity contribution < 1.29 is 13.8 Å². The zero-order valence-corrected chi connectivity index (χ0v) is 14.7. The first-order valence-corrected chi connectivity index (χ1v) is 10.8. The van der Waals surface area contributed by atoms with Crippen molar-refractivity contribution in [3.05, 3.63) is 29.8 Å². The van der Waals surface area contributed by atoms with Gasteiger partial charge in [-0.3, -0.25) is 9.59 Å². The zero-order chi connectivity index (χ0) is 17.1. The van der Waals surface area contributed by atoms with E-state index in [2.05, 4.69) is 9.68 Å². The molecule has 2 bridgehead atoms. The van der Waals surface area contributed by atoms with E-state index in [9.17, 15) is 13.8 Å². The minimum absolute atomic E-state index is 0.0156. The van der Waals surface area contributed by atoms with Crippen molar-refractivity contribution in [3.63, 3.8) is 0 Å². The number of amides is 2. The predicted octanol–water partition coefficient (Wildman–Crippen LogP) is 2.79. The second-order valence-electron chi connectivity index (χ2n) is 7.68. The quantitative estimate of drug-likeness (QED) is 0.914. The van der Waals surface area contributed by atoms with Crippen LogP contribution in [-0.2, 0) is 14.5 Å². The van der Waals surface area contributed by atoms with E-state index in [1.54, 1.807) is 24.3 Å².